The van der Waals surface area contributed by atoms with Crippen molar-refractivity contribution in [2.75, 3.05) is 11.0 Å². The van der Waals surface area contributed by atoms with Crippen LogP contribution < -0.4 is 10.0 Å². The molecule has 1 amide bonds. The average molecular weight is 429 g/mol. The highest BCUT2D eigenvalue weighted by Crippen LogP contribution is 2.54. The fraction of sp³-hybridized carbons (Fsp3) is 0.458. The van der Waals surface area contributed by atoms with Gasteiger partial charge in [-0.2, -0.15) is 0 Å². The van der Waals surface area contributed by atoms with Crippen molar-refractivity contribution in [3.8, 4) is 0 Å². The zero-order valence-electron chi connectivity index (χ0n) is 18.7. The fourth-order valence-electron chi connectivity index (χ4n) is 3.88. The van der Waals surface area contributed by atoms with E-state index < -0.39 is 10.0 Å². The summed E-state index contributed by atoms with van der Waals surface area (Å²) in [5, 5.41) is 3.04. The molecule has 1 saturated carbocycles. The van der Waals surface area contributed by atoms with Crippen molar-refractivity contribution in [3.05, 3.63) is 64.7 Å². The molecule has 5 nitrogen and oxygen atoms in total. The third-order valence-electron chi connectivity index (χ3n) is 6.02. The number of sulfonamides is 1. The third kappa shape index (κ3) is 5.04. The summed E-state index contributed by atoms with van der Waals surface area (Å²) in [5.41, 5.74) is 4.83. The molecule has 1 fully saturated rings. The first-order chi connectivity index (χ1) is 13.8. The molecule has 2 atom stereocenters. The van der Waals surface area contributed by atoms with Crippen LogP contribution in [0.4, 0.5) is 5.69 Å². The first-order valence-electron chi connectivity index (χ1n) is 10.3. The van der Waals surface area contributed by atoms with Crippen LogP contribution in [0.25, 0.3) is 0 Å². The zero-order valence-corrected chi connectivity index (χ0v) is 19.5. The summed E-state index contributed by atoms with van der Waals surface area (Å²) in [6.07, 6.45) is 1.98. The van der Waals surface area contributed by atoms with Gasteiger partial charge in [0.05, 0.1) is 11.9 Å². The van der Waals surface area contributed by atoms with Gasteiger partial charge in [0.25, 0.3) is 0 Å². The second kappa shape index (κ2) is 7.73. The van der Waals surface area contributed by atoms with Crippen LogP contribution in [0.15, 0.2) is 42.5 Å². The van der Waals surface area contributed by atoms with E-state index in [1.165, 1.54) is 11.1 Å². The molecule has 3 rings (SSSR count). The van der Waals surface area contributed by atoms with Gasteiger partial charge in [0, 0.05) is 17.9 Å². The zero-order chi connectivity index (χ0) is 22.3. The van der Waals surface area contributed by atoms with Gasteiger partial charge in [0.1, 0.15) is 0 Å². The molecule has 0 spiro atoms. The molecule has 0 aromatic heterocycles. The van der Waals surface area contributed by atoms with E-state index in [2.05, 4.69) is 62.0 Å². The van der Waals surface area contributed by atoms with Crippen LogP contribution in [-0.2, 0) is 32.2 Å². The molecule has 2 N–H and O–H groups in total. The number of aryl methyl sites for hydroxylation is 1. The summed E-state index contributed by atoms with van der Waals surface area (Å²) < 4.78 is 25.3. The van der Waals surface area contributed by atoms with Crippen LogP contribution in [0.5, 0.6) is 0 Å². The maximum Gasteiger partial charge on any atom is 0.229 e. The summed E-state index contributed by atoms with van der Waals surface area (Å²) in [4.78, 5) is 12.7. The monoisotopic (exact) mass is 428 g/mol. The van der Waals surface area contributed by atoms with Crippen LogP contribution >= 0.6 is 0 Å². The van der Waals surface area contributed by atoms with Crippen molar-refractivity contribution < 1.29 is 13.2 Å². The Hall–Kier alpha value is -2.34. The van der Waals surface area contributed by atoms with E-state index >= 15 is 0 Å². The van der Waals surface area contributed by atoms with Crippen molar-refractivity contribution in [1.82, 2.24) is 5.32 Å². The molecule has 1 aliphatic rings. The van der Waals surface area contributed by atoms with E-state index in [0.717, 1.165) is 23.8 Å². The Bertz CT molecular complexity index is 1050. The molecular formula is C24H32N2O3S. The molecule has 0 bridgehead atoms. The van der Waals surface area contributed by atoms with Crippen LogP contribution in [-0.4, -0.2) is 20.6 Å². The lowest BCUT2D eigenvalue weighted by Gasteiger charge is -2.20. The molecule has 162 valence electrons. The summed E-state index contributed by atoms with van der Waals surface area (Å²) in [6, 6.07) is 14.1. The third-order valence-corrected chi connectivity index (χ3v) is 6.61. The molecule has 0 saturated heterocycles. The Kier molecular flexibility index (Phi) is 5.76. The van der Waals surface area contributed by atoms with Crippen molar-refractivity contribution in [2.24, 2.45) is 5.92 Å². The Morgan fingerprint density at radius 3 is 2.30 bits per heavy atom. The van der Waals surface area contributed by atoms with Gasteiger partial charge in [0.2, 0.25) is 15.9 Å². The Morgan fingerprint density at radius 1 is 1.13 bits per heavy atom. The minimum Gasteiger partial charge on any atom is -0.352 e. The molecule has 6 heteroatoms. The molecule has 0 heterocycles. The quantitative estimate of drug-likeness (QED) is 0.722. The molecule has 2 unspecified atom stereocenters. The SMILES string of the molecule is Cc1cc(CNC(=O)C2CC2(C)c2ccc(C(C)(C)C)cc2)ccc1NS(C)(=O)=O. The molecule has 30 heavy (non-hydrogen) atoms. The Labute approximate surface area is 180 Å². The highest BCUT2D eigenvalue weighted by molar-refractivity contribution is 7.92. The van der Waals surface area contributed by atoms with Crippen LogP contribution in [0.3, 0.4) is 0 Å². The lowest BCUT2D eigenvalue weighted by atomic mass is 9.85. The maximum atomic E-state index is 12.7. The molecule has 0 aliphatic heterocycles. The molecular weight excluding hydrogens is 396 g/mol. The number of hydrogen-bond acceptors (Lipinski definition) is 3. The fourth-order valence-corrected chi connectivity index (χ4v) is 4.51. The van der Waals surface area contributed by atoms with Crippen molar-refractivity contribution >= 4 is 21.6 Å². The van der Waals surface area contributed by atoms with E-state index in [-0.39, 0.29) is 22.7 Å². The number of amides is 1. The predicted molar refractivity (Wildman–Crippen MR) is 122 cm³/mol. The van der Waals surface area contributed by atoms with Gasteiger partial charge >= 0.3 is 0 Å². The summed E-state index contributed by atoms with van der Waals surface area (Å²) in [6.45, 7) is 11.0. The summed E-state index contributed by atoms with van der Waals surface area (Å²) in [5.74, 6) is 0.0404. The van der Waals surface area contributed by atoms with Gasteiger partial charge in [-0.1, -0.05) is 64.1 Å². The van der Waals surface area contributed by atoms with E-state index in [4.69, 9.17) is 0 Å². The van der Waals surface area contributed by atoms with Gasteiger partial charge in [-0.05, 0) is 47.1 Å². The molecule has 1 aliphatic carbocycles. The minimum atomic E-state index is -3.31. The van der Waals surface area contributed by atoms with E-state index in [1.807, 2.05) is 19.1 Å². The highest BCUT2D eigenvalue weighted by Gasteiger charge is 2.55. The first-order valence-corrected chi connectivity index (χ1v) is 12.1. The highest BCUT2D eigenvalue weighted by atomic mass is 32.2. The number of carbonyl (C=O) groups is 1. The largest absolute Gasteiger partial charge is 0.352 e. The van der Waals surface area contributed by atoms with Gasteiger partial charge in [-0.25, -0.2) is 8.42 Å². The standard InChI is InChI=1S/C24H32N2O3S/c1-16-13-17(7-12-21(16)26-30(6,28)29)15-25-22(27)20-14-24(20,5)19-10-8-18(9-11-19)23(2,3)4/h7-13,20,26H,14-15H2,1-6H3,(H,25,27). The van der Waals surface area contributed by atoms with Gasteiger partial charge < -0.3 is 5.32 Å². The average Bonchev–Trinajstić information content (AvgIpc) is 3.33. The van der Waals surface area contributed by atoms with Crippen molar-refractivity contribution in [2.45, 2.75) is 58.4 Å². The van der Waals surface area contributed by atoms with Crippen LogP contribution in [0, 0.1) is 12.8 Å². The molecule has 2 aromatic rings. The van der Waals surface area contributed by atoms with Gasteiger partial charge in [-0.15, -0.1) is 0 Å². The lowest BCUT2D eigenvalue weighted by molar-refractivity contribution is -0.122. The molecule has 2 aromatic carbocycles. The topological polar surface area (TPSA) is 75.3 Å². The smallest absolute Gasteiger partial charge is 0.229 e. The summed E-state index contributed by atoms with van der Waals surface area (Å²) >= 11 is 0. The number of nitrogens with one attached hydrogen (secondary N) is 2. The predicted octanol–water partition coefficient (Wildman–Crippen LogP) is 4.26. The molecule has 0 radical (unpaired) electrons. The lowest BCUT2D eigenvalue weighted by Crippen LogP contribution is -2.27. The first kappa shape index (κ1) is 22.3. The number of anilines is 1. The Balaban J connectivity index is 1.61. The number of carbonyl (C=O) groups excluding carboxylic acids is 1. The van der Waals surface area contributed by atoms with Crippen molar-refractivity contribution in [1.29, 1.82) is 0 Å². The van der Waals surface area contributed by atoms with Crippen LogP contribution in [0.1, 0.15) is 56.4 Å². The number of benzene rings is 2. The summed E-state index contributed by atoms with van der Waals surface area (Å²) in [7, 11) is -3.31. The Morgan fingerprint density at radius 2 is 1.77 bits per heavy atom. The normalized spacial score (nSPS) is 21.2. The minimum absolute atomic E-state index is 0.0229. The maximum absolute atomic E-state index is 12.7. The van der Waals surface area contributed by atoms with Gasteiger partial charge in [0.15, 0.2) is 0 Å². The van der Waals surface area contributed by atoms with Crippen molar-refractivity contribution in [3.63, 3.8) is 0 Å². The van der Waals surface area contributed by atoms with E-state index in [1.54, 1.807) is 6.07 Å². The number of rotatable bonds is 6. The second-order valence-electron chi connectivity index (χ2n) is 9.74. The second-order valence-corrected chi connectivity index (χ2v) is 11.5. The van der Waals surface area contributed by atoms with E-state index in [9.17, 15) is 13.2 Å². The van der Waals surface area contributed by atoms with E-state index in [0.29, 0.717) is 12.2 Å². The number of hydrogen-bond donors (Lipinski definition) is 2. The van der Waals surface area contributed by atoms with Gasteiger partial charge in [-0.3, -0.25) is 9.52 Å². The van der Waals surface area contributed by atoms with Crippen LogP contribution in [0.2, 0.25) is 0 Å².